The van der Waals surface area contributed by atoms with Crippen molar-refractivity contribution in [3.05, 3.63) is 0 Å². The zero-order chi connectivity index (χ0) is 23.6. The van der Waals surface area contributed by atoms with Crippen molar-refractivity contribution in [1.29, 1.82) is 0 Å². The first-order chi connectivity index (χ1) is 11.7. The van der Waals surface area contributed by atoms with Gasteiger partial charge in [-0.25, -0.2) is 4.21 Å². The maximum atomic E-state index is 13.0. The summed E-state index contributed by atoms with van der Waals surface area (Å²) in [6, 6.07) is 0. The van der Waals surface area contributed by atoms with Crippen molar-refractivity contribution >= 4 is 11.1 Å². The molecule has 0 spiro atoms. The van der Waals surface area contributed by atoms with Crippen molar-refractivity contribution in [2.75, 3.05) is 0 Å². The van der Waals surface area contributed by atoms with Crippen molar-refractivity contribution in [2.45, 2.75) is 47.0 Å². The van der Waals surface area contributed by atoms with E-state index in [1.165, 1.54) is 0 Å². The third kappa shape index (κ3) is 3.95. The van der Waals surface area contributed by atoms with Gasteiger partial charge >= 0.3 is 76.5 Å². The molecule has 0 aromatic rings. The van der Waals surface area contributed by atoms with E-state index in [1.54, 1.807) is 0 Å². The van der Waals surface area contributed by atoms with Crippen molar-refractivity contribution in [1.82, 2.24) is 0 Å². The Morgan fingerprint density at radius 1 is 0.448 bits per heavy atom. The maximum Gasteiger partial charge on any atom is 1.00 e. The molecule has 1 N–H and O–H groups in total. The molecule has 21 heteroatoms. The van der Waals surface area contributed by atoms with Crippen LogP contribution in [0.1, 0.15) is 0 Å². The zero-order valence-corrected chi connectivity index (χ0v) is 15.5. The third-order valence-electron chi connectivity index (χ3n) is 2.91. The third-order valence-corrected chi connectivity index (χ3v) is 3.61. The number of halogens is 17. The first-order valence-electron chi connectivity index (χ1n) is 5.52. The smallest absolute Gasteiger partial charge is 0.301 e. The van der Waals surface area contributed by atoms with Crippen molar-refractivity contribution < 1.29 is 113 Å². The van der Waals surface area contributed by atoms with Crippen molar-refractivity contribution in [3.8, 4) is 0 Å². The molecule has 0 aromatic heterocycles. The average molecular weight is 507 g/mol. The Hall–Kier alpha value is -0.0800. The van der Waals surface area contributed by atoms with Crippen LogP contribution in [0.25, 0.3) is 0 Å². The predicted octanol–water partition coefficient (Wildman–Crippen LogP) is 2.18. The molecule has 29 heavy (non-hydrogen) atoms. The molecular formula is C8HF17NaO2S+. The van der Waals surface area contributed by atoms with E-state index in [2.05, 4.69) is 0 Å². The van der Waals surface area contributed by atoms with Gasteiger partial charge in [0.15, 0.2) is 0 Å². The Morgan fingerprint density at radius 3 is 0.862 bits per heavy atom. The molecule has 0 amide bonds. The van der Waals surface area contributed by atoms with Gasteiger partial charge in [-0.05, 0) is 0 Å². The molecule has 170 valence electrons. The molecule has 0 rings (SSSR count). The van der Waals surface area contributed by atoms with Gasteiger partial charge in [-0.15, -0.1) is 0 Å². The van der Waals surface area contributed by atoms with Crippen LogP contribution in [0.15, 0.2) is 0 Å². The number of hydrogen-bond acceptors (Lipinski definition) is 1. The molecule has 1 unspecified atom stereocenters. The molecule has 1 atom stereocenters. The van der Waals surface area contributed by atoms with E-state index in [0.29, 0.717) is 0 Å². The molecule has 0 heterocycles. The van der Waals surface area contributed by atoms with Crippen LogP contribution in [-0.2, 0) is 11.1 Å². The van der Waals surface area contributed by atoms with Gasteiger partial charge in [0.1, 0.15) is 0 Å². The molecule has 0 aliphatic carbocycles. The summed E-state index contributed by atoms with van der Waals surface area (Å²) in [5, 5.41) is -7.28. The molecule has 0 aliphatic heterocycles. The number of hydrogen-bond donors (Lipinski definition) is 1. The topological polar surface area (TPSA) is 37.3 Å². The second kappa shape index (κ2) is 7.80. The standard InChI is InChI=1S/C8HF17O2S.Na/c9-1(10,3(13,14)5(17,18)7(21,22)23)2(11,12)4(15,16)6(19,20)8(24,25)28(26)27;/h(H,26,27);/q;+1. The summed E-state index contributed by atoms with van der Waals surface area (Å²) in [6.45, 7) is 0. The zero-order valence-electron chi connectivity index (χ0n) is 12.7. The fourth-order valence-electron chi connectivity index (χ4n) is 1.26. The van der Waals surface area contributed by atoms with E-state index in [0.717, 1.165) is 0 Å². The number of alkyl halides is 17. The number of rotatable bonds is 7. The van der Waals surface area contributed by atoms with Crippen molar-refractivity contribution in [2.24, 2.45) is 0 Å². The van der Waals surface area contributed by atoms with Gasteiger partial charge in [-0.3, -0.25) is 0 Å². The van der Waals surface area contributed by atoms with Gasteiger partial charge < -0.3 is 4.55 Å². The summed E-state index contributed by atoms with van der Waals surface area (Å²) in [5.74, 6) is -51.0. The van der Waals surface area contributed by atoms with Gasteiger partial charge in [0, 0.05) is 0 Å². The fourth-order valence-corrected chi connectivity index (χ4v) is 1.61. The van der Waals surface area contributed by atoms with Crippen LogP contribution in [0.4, 0.5) is 74.6 Å². The fraction of sp³-hybridized carbons (Fsp3) is 1.00. The summed E-state index contributed by atoms with van der Waals surface area (Å²) in [5.41, 5.74) is 0. The van der Waals surface area contributed by atoms with Crippen LogP contribution in [-0.4, -0.2) is 55.7 Å². The van der Waals surface area contributed by atoms with Crippen LogP contribution >= 0.6 is 0 Å². The van der Waals surface area contributed by atoms with E-state index in [1.807, 2.05) is 0 Å². The summed E-state index contributed by atoms with van der Waals surface area (Å²) >= 11 is -5.56. The van der Waals surface area contributed by atoms with E-state index >= 15 is 0 Å². The van der Waals surface area contributed by atoms with Gasteiger partial charge in [0.2, 0.25) is 11.1 Å². The van der Waals surface area contributed by atoms with Crippen LogP contribution in [0.3, 0.4) is 0 Å². The second-order valence-corrected chi connectivity index (χ2v) is 5.72. The van der Waals surface area contributed by atoms with Crippen LogP contribution in [0.5, 0.6) is 0 Å². The Bertz CT molecular complexity index is 625. The molecule has 0 bridgehead atoms. The first-order valence-corrected chi connectivity index (χ1v) is 6.62. The monoisotopic (exact) mass is 507 g/mol. The molecule has 0 fully saturated rings. The van der Waals surface area contributed by atoms with Gasteiger partial charge in [-0.2, -0.15) is 74.6 Å². The molecule has 0 radical (unpaired) electrons. The summed E-state index contributed by atoms with van der Waals surface area (Å²) in [6.07, 6.45) is -7.83. The van der Waals surface area contributed by atoms with Crippen LogP contribution in [0.2, 0.25) is 0 Å². The van der Waals surface area contributed by atoms with E-state index in [-0.39, 0.29) is 29.6 Å². The van der Waals surface area contributed by atoms with E-state index in [9.17, 15) is 78.8 Å². The van der Waals surface area contributed by atoms with Crippen LogP contribution in [0, 0.1) is 0 Å². The van der Waals surface area contributed by atoms with Crippen molar-refractivity contribution in [3.63, 3.8) is 0 Å². The molecule has 0 saturated heterocycles. The minimum Gasteiger partial charge on any atom is -0.301 e. The molecule has 0 saturated carbocycles. The molecule has 2 nitrogen and oxygen atoms in total. The summed E-state index contributed by atoms with van der Waals surface area (Å²) in [4.78, 5) is 0. The Labute approximate surface area is 171 Å². The second-order valence-electron chi connectivity index (χ2n) is 4.71. The average Bonchev–Trinajstić information content (AvgIpc) is 2.44. The quantitative estimate of drug-likeness (QED) is 0.326. The summed E-state index contributed by atoms with van der Waals surface area (Å²) in [7, 11) is 0. The Morgan fingerprint density at radius 2 is 0.655 bits per heavy atom. The van der Waals surface area contributed by atoms with E-state index in [4.69, 9.17) is 4.55 Å². The largest absolute Gasteiger partial charge is 1.00 e. The van der Waals surface area contributed by atoms with E-state index < -0.39 is 58.0 Å². The van der Waals surface area contributed by atoms with Gasteiger partial charge in [-0.1, -0.05) is 0 Å². The summed E-state index contributed by atoms with van der Waals surface area (Å²) < 4.78 is 232. The normalized spacial score (nSPS) is 17.0. The first kappa shape index (κ1) is 31.1. The Kier molecular flexibility index (Phi) is 8.37. The van der Waals surface area contributed by atoms with Gasteiger partial charge in [0.25, 0.3) is 0 Å². The van der Waals surface area contributed by atoms with Gasteiger partial charge in [0.05, 0.1) is 0 Å². The maximum absolute atomic E-state index is 13.0. The van der Waals surface area contributed by atoms with Crippen LogP contribution < -0.4 is 29.6 Å². The molecular weight excluding hydrogens is 506 g/mol. The SMILES string of the molecule is O=S(O)C(F)(F)C(F)(F)C(F)(F)C(F)(F)C(F)(F)C(F)(F)C(F)(F)C(F)(F)F.[Na+]. The minimum atomic E-state index is -8.75. The molecule has 0 aliphatic rings. The Balaban J connectivity index is 0. The molecule has 0 aromatic carbocycles. The predicted molar refractivity (Wildman–Crippen MR) is 51.5 cm³/mol. The minimum absolute atomic E-state index is 0.